The van der Waals surface area contributed by atoms with E-state index in [1.54, 1.807) is 19.6 Å². The Bertz CT molecular complexity index is 957. The van der Waals surface area contributed by atoms with E-state index in [9.17, 15) is 4.79 Å². The Morgan fingerprint density at radius 2 is 1.83 bits per heavy atom. The molecule has 1 atom stereocenters. The van der Waals surface area contributed by atoms with E-state index >= 15 is 0 Å². The maximum atomic E-state index is 12.8. The van der Waals surface area contributed by atoms with Crippen molar-refractivity contribution in [2.24, 2.45) is 0 Å². The summed E-state index contributed by atoms with van der Waals surface area (Å²) in [5.74, 6) is 1.09. The Morgan fingerprint density at radius 1 is 1.10 bits per heavy atom. The standard InChI is InChI=1S/C22H25N3O3S/c1-25(2)13-17(15-8-6-5-7-9-15)23-21(26)18-14-29-22(24-18)16-10-11-19(27-3)20(12-16)28-4/h5-12,14,17H,13H2,1-4H3,(H,23,26)/t17-/m0/s1. The summed E-state index contributed by atoms with van der Waals surface area (Å²) < 4.78 is 10.6. The van der Waals surface area contributed by atoms with Crippen LogP contribution in [0.15, 0.2) is 53.9 Å². The first-order chi connectivity index (χ1) is 14.0. The van der Waals surface area contributed by atoms with Crippen LogP contribution in [-0.4, -0.2) is 50.7 Å². The molecule has 0 unspecified atom stereocenters. The monoisotopic (exact) mass is 411 g/mol. The maximum absolute atomic E-state index is 12.8. The number of methoxy groups -OCH3 is 2. The van der Waals surface area contributed by atoms with Crippen LogP contribution in [0, 0.1) is 0 Å². The van der Waals surface area contributed by atoms with Crippen molar-refractivity contribution >= 4 is 17.2 Å². The molecule has 0 saturated heterocycles. The van der Waals surface area contributed by atoms with Gasteiger partial charge in [0.2, 0.25) is 0 Å². The lowest BCUT2D eigenvalue weighted by Gasteiger charge is -2.22. The second kappa shape index (κ2) is 9.54. The van der Waals surface area contributed by atoms with Crippen molar-refractivity contribution < 1.29 is 14.3 Å². The highest BCUT2D eigenvalue weighted by Crippen LogP contribution is 2.33. The molecule has 1 aromatic heterocycles. The highest BCUT2D eigenvalue weighted by Gasteiger charge is 2.19. The van der Waals surface area contributed by atoms with E-state index in [4.69, 9.17) is 9.47 Å². The molecule has 0 radical (unpaired) electrons. The third-order valence-corrected chi connectivity index (χ3v) is 5.31. The fourth-order valence-electron chi connectivity index (χ4n) is 3.00. The SMILES string of the molecule is COc1ccc(-c2nc(C(=O)N[C@@H](CN(C)C)c3ccccc3)cs2)cc1OC. The van der Waals surface area contributed by atoms with Gasteiger partial charge in [0.15, 0.2) is 11.5 Å². The summed E-state index contributed by atoms with van der Waals surface area (Å²) in [6, 6.07) is 15.4. The molecule has 0 saturated carbocycles. The third-order valence-electron chi connectivity index (χ3n) is 4.42. The molecule has 29 heavy (non-hydrogen) atoms. The molecule has 6 nitrogen and oxygen atoms in total. The van der Waals surface area contributed by atoms with Crippen LogP contribution in [0.1, 0.15) is 22.1 Å². The van der Waals surface area contributed by atoms with Crippen LogP contribution < -0.4 is 14.8 Å². The van der Waals surface area contributed by atoms with Crippen LogP contribution in [0.4, 0.5) is 0 Å². The van der Waals surface area contributed by atoms with Crippen molar-refractivity contribution in [1.82, 2.24) is 15.2 Å². The van der Waals surface area contributed by atoms with Crippen LogP contribution >= 0.6 is 11.3 Å². The van der Waals surface area contributed by atoms with Crippen LogP contribution in [0.25, 0.3) is 10.6 Å². The summed E-state index contributed by atoms with van der Waals surface area (Å²) in [6.07, 6.45) is 0. The number of hydrogen-bond donors (Lipinski definition) is 1. The highest BCUT2D eigenvalue weighted by atomic mass is 32.1. The molecule has 152 valence electrons. The molecule has 1 amide bonds. The van der Waals surface area contributed by atoms with Crippen LogP contribution in [0.3, 0.4) is 0 Å². The number of aromatic nitrogens is 1. The average molecular weight is 412 g/mol. The van der Waals surface area contributed by atoms with E-state index in [2.05, 4.69) is 10.3 Å². The molecule has 1 N–H and O–H groups in total. The van der Waals surface area contributed by atoms with Crippen LogP contribution in [-0.2, 0) is 0 Å². The van der Waals surface area contributed by atoms with Crippen molar-refractivity contribution in [2.75, 3.05) is 34.9 Å². The van der Waals surface area contributed by atoms with Crippen molar-refractivity contribution in [2.45, 2.75) is 6.04 Å². The van der Waals surface area contributed by atoms with Crippen LogP contribution in [0.5, 0.6) is 11.5 Å². The molecule has 1 heterocycles. The Kier molecular flexibility index (Phi) is 6.85. The summed E-state index contributed by atoms with van der Waals surface area (Å²) in [5, 5.41) is 5.63. The number of nitrogens with zero attached hydrogens (tertiary/aromatic N) is 2. The topological polar surface area (TPSA) is 63.7 Å². The Labute approximate surface area is 175 Å². The number of likely N-dealkylation sites (N-methyl/N-ethyl adjacent to an activating group) is 1. The minimum atomic E-state index is -0.191. The van der Waals surface area contributed by atoms with Gasteiger partial charge in [0.05, 0.1) is 20.3 Å². The Balaban J connectivity index is 1.79. The van der Waals surface area contributed by atoms with E-state index in [-0.39, 0.29) is 11.9 Å². The normalized spacial score (nSPS) is 11.9. The van der Waals surface area contributed by atoms with Gasteiger partial charge in [0, 0.05) is 17.5 Å². The lowest BCUT2D eigenvalue weighted by atomic mass is 10.1. The lowest BCUT2D eigenvalue weighted by Crippen LogP contribution is -2.35. The van der Waals surface area contributed by atoms with Gasteiger partial charge < -0.3 is 19.7 Å². The third kappa shape index (κ3) is 5.13. The molecule has 0 aliphatic carbocycles. The number of rotatable bonds is 8. The average Bonchev–Trinajstić information content (AvgIpc) is 3.23. The number of carbonyl (C=O) groups excluding carboxylic acids is 1. The number of benzene rings is 2. The quantitative estimate of drug-likeness (QED) is 0.610. The zero-order chi connectivity index (χ0) is 20.8. The van der Waals surface area contributed by atoms with Gasteiger partial charge in [-0.1, -0.05) is 30.3 Å². The van der Waals surface area contributed by atoms with E-state index in [1.807, 2.05) is 67.5 Å². The van der Waals surface area contributed by atoms with Crippen molar-refractivity contribution in [3.8, 4) is 22.1 Å². The number of ether oxygens (including phenoxy) is 2. The molecule has 7 heteroatoms. The fraction of sp³-hybridized carbons (Fsp3) is 0.273. The van der Waals surface area contributed by atoms with Crippen molar-refractivity contribution in [3.63, 3.8) is 0 Å². The van der Waals surface area contributed by atoms with Gasteiger partial charge in [-0.2, -0.15) is 0 Å². The van der Waals surface area contributed by atoms with Gasteiger partial charge >= 0.3 is 0 Å². The number of amides is 1. The lowest BCUT2D eigenvalue weighted by molar-refractivity contribution is 0.0925. The summed E-state index contributed by atoms with van der Waals surface area (Å²) in [7, 11) is 7.16. The summed E-state index contributed by atoms with van der Waals surface area (Å²) >= 11 is 1.42. The number of thiazole rings is 1. The van der Waals surface area contributed by atoms with E-state index in [0.29, 0.717) is 23.7 Å². The van der Waals surface area contributed by atoms with Gasteiger partial charge in [-0.15, -0.1) is 11.3 Å². The van der Waals surface area contributed by atoms with Gasteiger partial charge in [0.1, 0.15) is 10.7 Å². The van der Waals surface area contributed by atoms with E-state index < -0.39 is 0 Å². The molecule has 0 aliphatic heterocycles. The molecule has 0 aliphatic rings. The van der Waals surface area contributed by atoms with Crippen molar-refractivity contribution in [3.05, 3.63) is 65.2 Å². The molecule has 0 fully saturated rings. The molecule has 3 aromatic rings. The van der Waals surface area contributed by atoms with Gasteiger partial charge in [-0.25, -0.2) is 4.98 Å². The Hall–Kier alpha value is -2.90. The first-order valence-electron chi connectivity index (χ1n) is 9.20. The predicted octanol–water partition coefficient (Wildman–Crippen LogP) is 3.86. The molecule has 3 rings (SSSR count). The predicted molar refractivity (Wildman–Crippen MR) is 116 cm³/mol. The zero-order valence-corrected chi connectivity index (χ0v) is 17.8. The van der Waals surface area contributed by atoms with E-state index in [0.717, 1.165) is 16.1 Å². The summed E-state index contributed by atoms with van der Waals surface area (Å²) in [4.78, 5) is 19.4. The summed E-state index contributed by atoms with van der Waals surface area (Å²) in [5.41, 5.74) is 2.34. The minimum Gasteiger partial charge on any atom is -0.493 e. The highest BCUT2D eigenvalue weighted by molar-refractivity contribution is 7.13. The van der Waals surface area contributed by atoms with Crippen molar-refractivity contribution in [1.29, 1.82) is 0 Å². The van der Waals surface area contributed by atoms with Crippen LogP contribution in [0.2, 0.25) is 0 Å². The molecule has 2 aromatic carbocycles. The molecular weight excluding hydrogens is 386 g/mol. The van der Waals surface area contributed by atoms with Gasteiger partial charge in [-0.05, 0) is 37.9 Å². The summed E-state index contributed by atoms with van der Waals surface area (Å²) in [6.45, 7) is 0.697. The molecular formula is C22H25N3O3S. The number of hydrogen-bond acceptors (Lipinski definition) is 6. The second-order valence-electron chi connectivity index (χ2n) is 6.81. The fourth-order valence-corrected chi connectivity index (χ4v) is 3.79. The Morgan fingerprint density at radius 3 is 2.48 bits per heavy atom. The first-order valence-corrected chi connectivity index (χ1v) is 10.1. The zero-order valence-electron chi connectivity index (χ0n) is 17.0. The number of carbonyl (C=O) groups is 1. The molecule has 0 bridgehead atoms. The minimum absolute atomic E-state index is 0.120. The van der Waals surface area contributed by atoms with E-state index in [1.165, 1.54) is 11.3 Å². The number of nitrogens with one attached hydrogen (secondary N) is 1. The molecule has 0 spiro atoms. The first kappa shape index (κ1) is 20.8. The largest absolute Gasteiger partial charge is 0.493 e. The van der Waals surface area contributed by atoms with Gasteiger partial charge in [-0.3, -0.25) is 4.79 Å². The van der Waals surface area contributed by atoms with Gasteiger partial charge in [0.25, 0.3) is 5.91 Å². The maximum Gasteiger partial charge on any atom is 0.271 e. The smallest absolute Gasteiger partial charge is 0.271 e. The second-order valence-corrected chi connectivity index (χ2v) is 7.66.